The van der Waals surface area contributed by atoms with E-state index in [9.17, 15) is 8.42 Å². The lowest BCUT2D eigenvalue weighted by atomic mass is 10.0. The molecule has 21 heavy (non-hydrogen) atoms. The molecule has 1 saturated carbocycles. The van der Waals surface area contributed by atoms with Gasteiger partial charge in [0.25, 0.3) is 0 Å². The monoisotopic (exact) mass is 308 g/mol. The Morgan fingerprint density at radius 3 is 2.86 bits per heavy atom. The molecule has 1 heterocycles. The van der Waals surface area contributed by atoms with Crippen molar-refractivity contribution in [3.63, 3.8) is 0 Å². The van der Waals surface area contributed by atoms with Crippen molar-refractivity contribution in [2.45, 2.75) is 49.8 Å². The van der Waals surface area contributed by atoms with E-state index in [4.69, 9.17) is 0 Å². The normalized spacial score (nSPS) is 18.7. The highest BCUT2D eigenvalue weighted by Gasteiger charge is 2.18. The minimum absolute atomic E-state index is 0.372. The largest absolute Gasteiger partial charge is 0.384 e. The van der Waals surface area contributed by atoms with E-state index in [1.54, 1.807) is 12.1 Å². The molecule has 2 N–H and O–H groups in total. The minimum atomic E-state index is -3.37. The van der Waals surface area contributed by atoms with E-state index in [1.165, 1.54) is 31.2 Å². The van der Waals surface area contributed by atoms with Gasteiger partial charge >= 0.3 is 0 Å². The molecule has 1 aromatic carbocycles. The van der Waals surface area contributed by atoms with Crippen LogP contribution in [0.3, 0.4) is 0 Å². The predicted molar refractivity (Wildman–Crippen MR) is 85.0 cm³/mol. The first-order valence-corrected chi connectivity index (χ1v) is 9.50. The van der Waals surface area contributed by atoms with E-state index in [0.29, 0.717) is 11.4 Å². The number of benzene rings is 1. The second-order valence-electron chi connectivity index (χ2n) is 6.19. The van der Waals surface area contributed by atoms with Crippen molar-refractivity contribution < 1.29 is 8.42 Å². The third-order valence-electron chi connectivity index (χ3n) is 4.66. The standard InChI is InChI=1S/C16H24N2O2S/c19-21(20,18-10-3-6-13-4-1-2-5-13)15-8-7-14-9-11-17-16(14)12-15/h7-8,12-13,17-18H,1-6,9-11H2. The van der Waals surface area contributed by atoms with Gasteiger partial charge in [0.2, 0.25) is 10.0 Å². The van der Waals surface area contributed by atoms with E-state index in [-0.39, 0.29) is 0 Å². The molecule has 0 radical (unpaired) electrons. The van der Waals surface area contributed by atoms with E-state index >= 15 is 0 Å². The van der Waals surface area contributed by atoms with Crippen molar-refractivity contribution >= 4 is 15.7 Å². The van der Waals surface area contributed by atoms with Crippen LogP contribution in [0.2, 0.25) is 0 Å². The fourth-order valence-corrected chi connectivity index (χ4v) is 4.52. The van der Waals surface area contributed by atoms with Crippen LogP contribution >= 0.6 is 0 Å². The first-order valence-electron chi connectivity index (χ1n) is 8.02. The summed E-state index contributed by atoms with van der Waals surface area (Å²) in [6, 6.07) is 5.38. The zero-order valence-corrected chi connectivity index (χ0v) is 13.2. The Morgan fingerprint density at radius 2 is 2.05 bits per heavy atom. The van der Waals surface area contributed by atoms with E-state index in [1.807, 2.05) is 6.07 Å². The van der Waals surface area contributed by atoms with Crippen LogP contribution in [0.25, 0.3) is 0 Å². The average molecular weight is 308 g/mol. The van der Waals surface area contributed by atoms with E-state index < -0.39 is 10.0 Å². The molecule has 1 aliphatic heterocycles. The van der Waals surface area contributed by atoms with Crippen molar-refractivity contribution in [3.8, 4) is 0 Å². The average Bonchev–Trinajstić information content (AvgIpc) is 3.13. The Bertz CT molecular complexity index is 592. The fourth-order valence-electron chi connectivity index (χ4n) is 3.42. The lowest BCUT2D eigenvalue weighted by molar-refractivity contribution is 0.480. The van der Waals surface area contributed by atoms with E-state index in [2.05, 4.69) is 10.0 Å². The summed E-state index contributed by atoms with van der Waals surface area (Å²) in [5, 5.41) is 3.22. The summed E-state index contributed by atoms with van der Waals surface area (Å²) < 4.78 is 27.3. The number of rotatable bonds is 6. The summed E-state index contributed by atoms with van der Waals surface area (Å²) >= 11 is 0. The molecule has 116 valence electrons. The quantitative estimate of drug-likeness (QED) is 0.795. The first kappa shape index (κ1) is 14.9. The molecule has 0 aromatic heterocycles. The highest BCUT2D eigenvalue weighted by Crippen LogP contribution is 2.28. The third kappa shape index (κ3) is 3.58. The van der Waals surface area contributed by atoms with Gasteiger partial charge < -0.3 is 5.32 Å². The molecule has 0 saturated heterocycles. The van der Waals surface area contributed by atoms with Crippen LogP contribution in [0.1, 0.15) is 44.1 Å². The van der Waals surface area contributed by atoms with Gasteiger partial charge in [0.1, 0.15) is 0 Å². The first-order chi connectivity index (χ1) is 10.1. The van der Waals surface area contributed by atoms with Crippen molar-refractivity contribution in [2.75, 3.05) is 18.4 Å². The van der Waals surface area contributed by atoms with Gasteiger partial charge in [-0.1, -0.05) is 31.7 Å². The number of hydrogen-bond donors (Lipinski definition) is 2. The number of sulfonamides is 1. The Hall–Kier alpha value is -1.07. The number of fused-ring (bicyclic) bond motifs is 1. The van der Waals surface area contributed by atoms with Gasteiger partial charge in [-0.05, 0) is 42.9 Å². The molecule has 0 atom stereocenters. The zero-order valence-electron chi connectivity index (χ0n) is 12.4. The zero-order chi connectivity index (χ0) is 14.7. The topological polar surface area (TPSA) is 58.2 Å². The summed E-state index contributed by atoms with van der Waals surface area (Å²) in [5.74, 6) is 0.818. The van der Waals surface area contributed by atoms with Gasteiger partial charge in [-0.15, -0.1) is 0 Å². The summed E-state index contributed by atoms with van der Waals surface area (Å²) in [6.45, 7) is 1.44. The molecule has 1 aliphatic carbocycles. The molecular formula is C16H24N2O2S. The van der Waals surface area contributed by atoms with Crippen LogP contribution in [-0.2, 0) is 16.4 Å². The van der Waals surface area contributed by atoms with Gasteiger partial charge in [-0.25, -0.2) is 13.1 Å². The molecule has 0 bridgehead atoms. The molecule has 4 nitrogen and oxygen atoms in total. The van der Waals surface area contributed by atoms with Crippen molar-refractivity contribution in [2.24, 2.45) is 5.92 Å². The van der Waals surface area contributed by atoms with Crippen LogP contribution in [0.5, 0.6) is 0 Å². The molecule has 0 amide bonds. The Labute approximate surface area is 127 Å². The molecule has 1 fully saturated rings. The molecule has 0 spiro atoms. The predicted octanol–water partition coefficient (Wildman–Crippen LogP) is 2.90. The Balaban J connectivity index is 1.53. The molecule has 5 heteroatoms. The number of nitrogens with one attached hydrogen (secondary N) is 2. The second kappa shape index (κ2) is 6.36. The van der Waals surface area contributed by atoms with Gasteiger partial charge in [0.15, 0.2) is 0 Å². The number of anilines is 1. The summed E-state index contributed by atoms with van der Waals surface area (Å²) in [4.78, 5) is 0.372. The fraction of sp³-hybridized carbons (Fsp3) is 0.625. The van der Waals surface area contributed by atoms with E-state index in [0.717, 1.165) is 37.4 Å². The van der Waals surface area contributed by atoms with Gasteiger partial charge in [0, 0.05) is 18.8 Å². The highest BCUT2D eigenvalue weighted by atomic mass is 32.2. The van der Waals surface area contributed by atoms with Gasteiger partial charge in [-0.2, -0.15) is 0 Å². The summed E-state index contributed by atoms with van der Waals surface area (Å²) in [7, 11) is -3.37. The number of hydrogen-bond acceptors (Lipinski definition) is 3. The molecule has 3 rings (SSSR count). The Morgan fingerprint density at radius 1 is 1.24 bits per heavy atom. The maximum atomic E-state index is 12.3. The van der Waals surface area contributed by atoms with Crippen LogP contribution in [0, 0.1) is 5.92 Å². The molecule has 1 aromatic rings. The smallest absolute Gasteiger partial charge is 0.240 e. The second-order valence-corrected chi connectivity index (χ2v) is 7.95. The van der Waals surface area contributed by atoms with Gasteiger partial charge in [-0.3, -0.25) is 0 Å². The molecular weight excluding hydrogens is 284 g/mol. The minimum Gasteiger partial charge on any atom is -0.384 e. The third-order valence-corrected chi connectivity index (χ3v) is 6.12. The SMILES string of the molecule is O=S(=O)(NCCCC1CCCC1)c1ccc2c(c1)NCC2. The maximum absolute atomic E-state index is 12.3. The van der Waals surface area contributed by atoms with Crippen LogP contribution in [0.15, 0.2) is 23.1 Å². The van der Waals surface area contributed by atoms with Crippen LogP contribution in [-0.4, -0.2) is 21.5 Å². The summed E-state index contributed by atoms with van der Waals surface area (Å²) in [5.41, 5.74) is 2.17. The molecule has 0 unspecified atom stereocenters. The Kier molecular flexibility index (Phi) is 4.50. The van der Waals surface area contributed by atoms with Crippen molar-refractivity contribution in [3.05, 3.63) is 23.8 Å². The van der Waals surface area contributed by atoms with Gasteiger partial charge in [0.05, 0.1) is 4.90 Å². The molecule has 2 aliphatic rings. The summed E-state index contributed by atoms with van der Waals surface area (Å²) in [6.07, 6.45) is 8.40. The van der Waals surface area contributed by atoms with Crippen LogP contribution < -0.4 is 10.0 Å². The highest BCUT2D eigenvalue weighted by molar-refractivity contribution is 7.89. The van der Waals surface area contributed by atoms with Crippen molar-refractivity contribution in [1.82, 2.24) is 4.72 Å². The van der Waals surface area contributed by atoms with Crippen molar-refractivity contribution in [1.29, 1.82) is 0 Å². The maximum Gasteiger partial charge on any atom is 0.240 e. The lowest BCUT2D eigenvalue weighted by Crippen LogP contribution is -2.25. The van der Waals surface area contributed by atoms with Crippen LogP contribution in [0.4, 0.5) is 5.69 Å². The lowest BCUT2D eigenvalue weighted by Gasteiger charge is -2.10.